The fourth-order valence-electron chi connectivity index (χ4n) is 1.83. The van der Waals surface area contributed by atoms with Crippen LogP contribution in [-0.4, -0.2) is 55.3 Å². The maximum atomic E-state index is 12.4. The van der Waals surface area contributed by atoms with E-state index in [1.165, 1.54) is 0 Å². The highest BCUT2D eigenvalue weighted by Crippen LogP contribution is 2.22. The molecule has 0 saturated carbocycles. The molecule has 0 spiro atoms. The predicted molar refractivity (Wildman–Crippen MR) is 62.7 cm³/mol. The van der Waals surface area contributed by atoms with Crippen LogP contribution in [0.1, 0.15) is 19.3 Å². The van der Waals surface area contributed by atoms with E-state index in [1.54, 1.807) is 0 Å². The van der Waals surface area contributed by atoms with Gasteiger partial charge in [0.25, 0.3) is 10.2 Å². The first-order valence-electron chi connectivity index (χ1n) is 5.65. The molecule has 0 bridgehead atoms. The molecule has 0 aromatic carbocycles. The van der Waals surface area contributed by atoms with Gasteiger partial charge in [0, 0.05) is 25.5 Å². The standard InChI is InChI=1S/C9H16ClF3N2O2S/c10-4-7-15(8-9(11,12)13)18(16,17)14-5-2-1-3-6-14/h1-8H2. The van der Waals surface area contributed by atoms with Gasteiger partial charge in [-0.25, -0.2) is 0 Å². The van der Waals surface area contributed by atoms with Gasteiger partial charge >= 0.3 is 6.18 Å². The molecule has 1 aliphatic rings. The first-order chi connectivity index (χ1) is 8.27. The van der Waals surface area contributed by atoms with Crippen LogP contribution in [0.15, 0.2) is 0 Å². The lowest BCUT2D eigenvalue weighted by Gasteiger charge is -2.32. The summed E-state index contributed by atoms with van der Waals surface area (Å²) in [5.74, 6) is -0.164. The van der Waals surface area contributed by atoms with Crippen LogP contribution >= 0.6 is 11.6 Å². The summed E-state index contributed by atoms with van der Waals surface area (Å²) in [6.07, 6.45) is -2.30. The minimum Gasteiger partial charge on any atom is -0.195 e. The van der Waals surface area contributed by atoms with Gasteiger partial charge in [-0.3, -0.25) is 0 Å². The molecule has 9 heteroatoms. The minimum atomic E-state index is -4.56. The summed E-state index contributed by atoms with van der Waals surface area (Å²) in [6.45, 7) is -1.27. The number of nitrogens with zero attached hydrogens (tertiary/aromatic N) is 2. The minimum absolute atomic E-state index is 0.164. The van der Waals surface area contributed by atoms with Crippen molar-refractivity contribution in [1.82, 2.24) is 8.61 Å². The second-order valence-corrected chi connectivity index (χ2v) is 6.41. The third kappa shape index (κ3) is 4.56. The van der Waals surface area contributed by atoms with E-state index in [1.807, 2.05) is 0 Å². The van der Waals surface area contributed by atoms with E-state index < -0.39 is 22.9 Å². The Hall–Kier alpha value is -0.0500. The topological polar surface area (TPSA) is 40.6 Å². The molecule has 0 N–H and O–H groups in total. The molecule has 0 atom stereocenters. The van der Waals surface area contributed by atoms with Gasteiger partial charge in [-0.15, -0.1) is 11.6 Å². The summed E-state index contributed by atoms with van der Waals surface area (Å²) in [6, 6.07) is 0. The van der Waals surface area contributed by atoms with E-state index >= 15 is 0 Å². The maximum Gasteiger partial charge on any atom is 0.402 e. The Kier molecular flexibility index (Phi) is 5.69. The highest BCUT2D eigenvalue weighted by atomic mass is 35.5. The Morgan fingerprint density at radius 3 is 2.17 bits per heavy atom. The lowest BCUT2D eigenvalue weighted by molar-refractivity contribution is -0.136. The monoisotopic (exact) mass is 308 g/mol. The van der Waals surface area contributed by atoms with E-state index in [0.717, 1.165) is 10.7 Å². The Labute approximate surface area is 110 Å². The normalized spacial score (nSPS) is 19.4. The van der Waals surface area contributed by atoms with Crippen molar-refractivity contribution in [3.63, 3.8) is 0 Å². The fraction of sp³-hybridized carbons (Fsp3) is 1.00. The zero-order valence-electron chi connectivity index (χ0n) is 9.79. The van der Waals surface area contributed by atoms with Crippen LogP contribution in [0.25, 0.3) is 0 Å². The Morgan fingerprint density at radius 2 is 1.72 bits per heavy atom. The second kappa shape index (κ2) is 6.40. The van der Waals surface area contributed by atoms with Crippen LogP contribution < -0.4 is 0 Å². The van der Waals surface area contributed by atoms with Crippen LogP contribution in [0.3, 0.4) is 0 Å². The lowest BCUT2D eigenvalue weighted by Crippen LogP contribution is -2.49. The molecule has 0 radical (unpaired) electrons. The maximum absolute atomic E-state index is 12.4. The summed E-state index contributed by atoms with van der Waals surface area (Å²) >= 11 is 5.38. The summed E-state index contributed by atoms with van der Waals surface area (Å²) in [4.78, 5) is 0. The van der Waals surface area contributed by atoms with Gasteiger partial charge in [-0.05, 0) is 12.8 Å². The van der Waals surface area contributed by atoms with Gasteiger partial charge < -0.3 is 0 Å². The molecule has 108 valence electrons. The molecule has 0 unspecified atom stereocenters. The van der Waals surface area contributed by atoms with Crippen molar-refractivity contribution in [2.75, 3.05) is 32.1 Å². The smallest absolute Gasteiger partial charge is 0.195 e. The SMILES string of the molecule is O=S(=O)(N1CCCCC1)N(CCCl)CC(F)(F)F. The molecular formula is C9H16ClF3N2O2S. The van der Waals surface area contributed by atoms with Gasteiger partial charge in [0.2, 0.25) is 0 Å². The molecule has 0 aromatic rings. The van der Waals surface area contributed by atoms with Crippen LogP contribution in [0.5, 0.6) is 0 Å². The fourth-order valence-corrected chi connectivity index (χ4v) is 3.81. The zero-order chi connectivity index (χ0) is 13.8. The quantitative estimate of drug-likeness (QED) is 0.727. The van der Waals surface area contributed by atoms with Crippen molar-refractivity contribution in [2.24, 2.45) is 0 Å². The zero-order valence-corrected chi connectivity index (χ0v) is 11.4. The van der Waals surface area contributed by atoms with E-state index in [9.17, 15) is 21.6 Å². The summed E-state index contributed by atoms with van der Waals surface area (Å²) in [5, 5.41) is 0. The van der Waals surface area contributed by atoms with Gasteiger partial charge in [0.15, 0.2) is 0 Å². The molecule has 1 fully saturated rings. The number of halogens is 4. The Bertz CT molecular complexity index is 355. The molecule has 18 heavy (non-hydrogen) atoms. The molecule has 1 saturated heterocycles. The average molecular weight is 309 g/mol. The van der Waals surface area contributed by atoms with Crippen molar-refractivity contribution in [1.29, 1.82) is 0 Å². The van der Waals surface area contributed by atoms with Crippen LogP contribution in [0.4, 0.5) is 13.2 Å². The van der Waals surface area contributed by atoms with E-state index in [-0.39, 0.29) is 25.5 Å². The average Bonchev–Trinajstić information content (AvgIpc) is 2.28. The van der Waals surface area contributed by atoms with E-state index in [0.29, 0.717) is 17.1 Å². The number of hydrogen-bond acceptors (Lipinski definition) is 2. The van der Waals surface area contributed by atoms with Gasteiger partial charge in [-0.2, -0.15) is 30.2 Å². The van der Waals surface area contributed by atoms with E-state index in [2.05, 4.69) is 0 Å². The number of alkyl halides is 4. The number of hydrogen-bond donors (Lipinski definition) is 0. The van der Waals surface area contributed by atoms with Gasteiger partial charge in [-0.1, -0.05) is 6.42 Å². The van der Waals surface area contributed by atoms with Gasteiger partial charge in [0.05, 0.1) is 0 Å². The molecule has 0 aromatic heterocycles. The van der Waals surface area contributed by atoms with Crippen molar-refractivity contribution in [3.05, 3.63) is 0 Å². The first-order valence-corrected chi connectivity index (χ1v) is 7.58. The second-order valence-electron chi connectivity index (χ2n) is 4.11. The summed E-state index contributed by atoms with van der Waals surface area (Å²) in [7, 11) is -4.06. The highest BCUT2D eigenvalue weighted by Gasteiger charge is 2.38. The van der Waals surface area contributed by atoms with Crippen molar-refractivity contribution in [2.45, 2.75) is 25.4 Å². The molecule has 4 nitrogen and oxygen atoms in total. The number of piperidine rings is 1. The third-order valence-electron chi connectivity index (χ3n) is 2.66. The molecule has 0 aliphatic carbocycles. The first kappa shape index (κ1) is 16.0. The predicted octanol–water partition coefficient (Wildman–Crippen LogP) is 1.82. The largest absolute Gasteiger partial charge is 0.402 e. The van der Waals surface area contributed by atoms with Crippen LogP contribution in [0, 0.1) is 0 Å². The molecule has 1 aliphatic heterocycles. The van der Waals surface area contributed by atoms with Crippen molar-refractivity contribution < 1.29 is 21.6 Å². The van der Waals surface area contributed by atoms with Crippen molar-refractivity contribution >= 4 is 21.8 Å². The highest BCUT2D eigenvalue weighted by molar-refractivity contribution is 7.86. The van der Waals surface area contributed by atoms with Gasteiger partial charge in [0.1, 0.15) is 6.54 Å². The summed E-state index contributed by atoms with van der Waals surface area (Å²) in [5.41, 5.74) is 0. The Balaban J connectivity index is 2.81. The van der Waals surface area contributed by atoms with E-state index in [4.69, 9.17) is 11.6 Å². The summed E-state index contributed by atoms with van der Waals surface area (Å²) < 4.78 is 62.7. The third-order valence-corrected chi connectivity index (χ3v) is 4.81. The number of rotatable bonds is 5. The van der Waals surface area contributed by atoms with Crippen LogP contribution in [-0.2, 0) is 10.2 Å². The Morgan fingerprint density at radius 1 is 1.17 bits per heavy atom. The van der Waals surface area contributed by atoms with Crippen LogP contribution in [0.2, 0.25) is 0 Å². The van der Waals surface area contributed by atoms with Crippen molar-refractivity contribution in [3.8, 4) is 0 Å². The molecule has 1 heterocycles. The molecular weight excluding hydrogens is 293 g/mol. The molecule has 0 amide bonds. The molecule has 1 rings (SSSR count). The lowest BCUT2D eigenvalue weighted by atomic mass is 10.2.